The van der Waals surface area contributed by atoms with E-state index in [1.807, 2.05) is 0 Å². The van der Waals surface area contributed by atoms with Crippen molar-refractivity contribution in [1.82, 2.24) is 5.32 Å². The van der Waals surface area contributed by atoms with Crippen LogP contribution < -0.4 is 5.32 Å². The van der Waals surface area contributed by atoms with Gasteiger partial charge in [-0.1, -0.05) is 52.4 Å². The summed E-state index contributed by atoms with van der Waals surface area (Å²) in [5, 5.41) is 3.70. The van der Waals surface area contributed by atoms with E-state index in [0.29, 0.717) is 6.04 Å². The van der Waals surface area contributed by atoms with Gasteiger partial charge >= 0.3 is 0 Å². The number of rotatable bonds is 7. The van der Waals surface area contributed by atoms with E-state index in [4.69, 9.17) is 0 Å². The highest BCUT2D eigenvalue weighted by molar-refractivity contribution is 4.69. The summed E-state index contributed by atoms with van der Waals surface area (Å²) in [7, 11) is 0. The zero-order valence-corrected chi connectivity index (χ0v) is 11.6. The molecule has 0 spiro atoms. The molecule has 1 saturated carbocycles. The quantitative estimate of drug-likeness (QED) is 0.678. The van der Waals surface area contributed by atoms with E-state index in [2.05, 4.69) is 26.1 Å². The van der Waals surface area contributed by atoms with E-state index in [9.17, 15) is 0 Å². The topological polar surface area (TPSA) is 12.0 Å². The Morgan fingerprint density at radius 3 is 2.44 bits per heavy atom. The van der Waals surface area contributed by atoms with E-state index in [1.54, 1.807) is 0 Å². The van der Waals surface area contributed by atoms with Crippen molar-refractivity contribution in [2.24, 2.45) is 11.8 Å². The van der Waals surface area contributed by atoms with Crippen LogP contribution in [0.15, 0.2) is 0 Å². The molecular formula is C15H31N. The summed E-state index contributed by atoms with van der Waals surface area (Å²) < 4.78 is 0. The molecule has 0 amide bonds. The first-order chi connectivity index (χ1) is 7.72. The summed E-state index contributed by atoms with van der Waals surface area (Å²) in [5.74, 6) is 1.90. The van der Waals surface area contributed by atoms with Crippen molar-refractivity contribution in [2.45, 2.75) is 78.2 Å². The van der Waals surface area contributed by atoms with Gasteiger partial charge in [0.2, 0.25) is 0 Å². The number of hydrogen-bond donors (Lipinski definition) is 1. The Morgan fingerprint density at radius 1 is 1.12 bits per heavy atom. The molecule has 0 aromatic rings. The van der Waals surface area contributed by atoms with Gasteiger partial charge in [0.15, 0.2) is 0 Å². The molecule has 1 aliphatic carbocycles. The maximum absolute atomic E-state index is 3.70. The minimum Gasteiger partial charge on any atom is -0.314 e. The van der Waals surface area contributed by atoms with Gasteiger partial charge in [-0.15, -0.1) is 0 Å². The molecule has 2 atom stereocenters. The van der Waals surface area contributed by atoms with E-state index in [-0.39, 0.29) is 0 Å². The third-order valence-electron chi connectivity index (χ3n) is 4.22. The Bertz CT molecular complexity index is 161. The first kappa shape index (κ1) is 14.0. The van der Waals surface area contributed by atoms with Crippen LogP contribution in [-0.2, 0) is 0 Å². The van der Waals surface area contributed by atoms with Gasteiger partial charge < -0.3 is 5.32 Å². The molecule has 1 rings (SSSR count). The summed E-state index contributed by atoms with van der Waals surface area (Å²) in [6.07, 6.45) is 11.5. The Morgan fingerprint density at radius 2 is 1.81 bits per heavy atom. The fourth-order valence-corrected chi connectivity index (χ4v) is 2.86. The molecule has 1 heteroatoms. The van der Waals surface area contributed by atoms with Gasteiger partial charge in [0.05, 0.1) is 0 Å². The lowest BCUT2D eigenvalue weighted by Crippen LogP contribution is -2.30. The van der Waals surface area contributed by atoms with Crippen molar-refractivity contribution in [3.8, 4) is 0 Å². The standard InChI is InChI=1S/C15H31N/c1-4-13(2)12-14(3)16-11-10-15-8-6-5-7-9-15/h13-16H,4-12H2,1-3H3. The molecule has 0 aromatic carbocycles. The van der Waals surface area contributed by atoms with Crippen molar-refractivity contribution in [2.75, 3.05) is 6.54 Å². The second-order valence-corrected chi connectivity index (χ2v) is 5.90. The van der Waals surface area contributed by atoms with Crippen LogP contribution in [0.2, 0.25) is 0 Å². The third-order valence-corrected chi connectivity index (χ3v) is 4.22. The smallest absolute Gasteiger partial charge is 0.00412 e. The average molecular weight is 225 g/mol. The molecule has 0 radical (unpaired) electrons. The zero-order valence-electron chi connectivity index (χ0n) is 11.6. The summed E-state index contributed by atoms with van der Waals surface area (Å²) in [6, 6.07) is 0.707. The van der Waals surface area contributed by atoms with Crippen molar-refractivity contribution in [3.63, 3.8) is 0 Å². The van der Waals surface area contributed by atoms with Crippen LogP contribution in [0, 0.1) is 11.8 Å². The Hall–Kier alpha value is -0.0400. The van der Waals surface area contributed by atoms with Crippen LogP contribution >= 0.6 is 0 Å². The summed E-state index contributed by atoms with van der Waals surface area (Å²) in [4.78, 5) is 0. The van der Waals surface area contributed by atoms with Crippen molar-refractivity contribution < 1.29 is 0 Å². The zero-order chi connectivity index (χ0) is 11.8. The molecule has 16 heavy (non-hydrogen) atoms. The van der Waals surface area contributed by atoms with Gasteiger partial charge in [-0.3, -0.25) is 0 Å². The van der Waals surface area contributed by atoms with Gasteiger partial charge in [0, 0.05) is 6.04 Å². The molecule has 96 valence electrons. The van der Waals surface area contributed by atoms with Crippen LogP contribution in [0.1, 0.15) is 72.1 Å². The van der Waals surface area contributed by atoms with Crippen LogP contribution in [0.3, 0.4) is 0 Å². The van der Waals surface area contributed by atoms with Crippen LogP contribution in [-0.4, -0.2) is 12.6 Å². The van der Waals surface area contributed by atoms with E-state index < -0.39 is 0 Å². The fraction of sp³-hybridized carbons (Fsp3) is 1.00. The molecule has 0 aliphatic heterocycles. The molecular weight excluding hydrogens is 194 g/mol. The molecule has 1 fully saturated rings. The molecule has 1 N–H and O–H groups in total. The van der Waals surface area contributed by atoms with E-state index in [1.165, 1.54) is 57.9 Å². The highest BCUT2D eigenvalue weighted by Crippen LogP contribution is 2.25. The second kappa shape index (κ2) is 8.11. The number of hydrogen-bond acceptors (Lipinski definition) is 1. The van der Waals surface area contributed by atoms with E-state index in [0.717, 1.165) is 11.8 Å². The second-order valence-electron chi connectivity index (χ2n) is 5.90. The number of nitrogens with one attached hydrogen (secondary N) is 1. The molecule has 1 aliphatic rings. The summed E-state index contributed by atoms with van der Waals surface area (Å²) >= 11 is 0. The fourth-order valence-electron chi connectivity index (χ4n) is 2.86. The minimum absolute atomic E-state index is 0.707. The lowest BCUT2D eigenvalue weighted by Gasteiger charge is -2.23. The molecule has 2 unspecified atom stereocenters. The van der Waals surface area contributed by atoms with Gasteiger partial charge in [0.1, 0.15) is 0 Å². The van der Waals surface area contributed by atoms with Crippen molar-refractivity contribution in [3.05, 3.63) is 0 Å². The first-order valence-electron chi connectivity index (χ1n) is 7.45. The molecule has 0 saturated heterocycles. The maximum Gasteiger partial charge on any atom is 0.00412 e. The molecule has 0 aromatic heterocycles. The summed E-state index contributed by atoms with van der Waals surface area (Å²) in [5.41, 5.74) is 0. The molecule has 1 nitrogen and oxygen atoms in total. The Balaban J connectivity index is 2.00. The Kier molecular flexibility index (Phi) is 7.11. The Labute approximate surface area is 102 Å². The third kappa shape index (κ3) is 5.89. The van der Waals surface area contributed by atoms with Gasteiger partial charge in [-0.2, -0.15) is 0 Å². The maximum atomic E-state index is 3.70. The van der Waals surface area contributed by atoms with Crippen molar-refractivity contribution in [1.29, 1.82) is 0 Å². The largest absolute Gasteiger partial charge is 0.314 e. The highest BCUT2D eigenvalue weighted by atomic mass is 14.9. The average Bonchev–Trinajstić information content (AvgIpc) is 2.30. The van der Waals surface area contributed by atoms with Crippen LogP contribution in [0.5, 0.6) is 0 Å². The van der Waals surface area contributed by atoms with Gasteiger partial charge in [-0.25, -0.2) is 0 Å². The van der Waals surface area contributed by atoms with Crippen LogP contribution in [0.25, 0.3) is 0 Å². The van der Waals surface area contributed by atoms with Crippen molar-refractivity contribution >= 4 is 0 Å². The SMILES string of the molecule is CCC(C)CC(C)NCCC1CCCCC1. The van der Waals surface area contributed by atoms with Gasteiger partial charge in [-0.05, 0) is 38.1 Å². The summed E-state index contributed by atoms with van der Waals surface area (Å²) in [6.45, 7) is 8.23. The monoisotopic (exact) mass is 225 g/mol. The van der Waals surface area contributed by atoms with Crippen LogP contribution in [0.4, 0.5) is 0 Å². The molecule has 0 bridgehead atoms. The van der Waals surface area contributed by atoms with E-state index >= 15 is 0 Å². The van der Waals surface area contributed by atoms with Gasteiger partial charge in [0.25, 0.3) is 0 Å². The predicted molar refractivity (Wildman–Crippen MR) is 72.7 cm³/mol. The lowest BCUT2D eigenvalue weighted by atomic mass is 9.87. The first-order valence-corrected chi connectivity index (χ1v) is 7.45. The lowest BCUT2D eigenvalue weighted by molar-refractivity contribution is 0.322. The molecule has 0 heterocycles. The minimum atomic E-state index is 0.707. The predicted octanol–water partition coefficient (Wildman–Crippen LogP) is 4.37. The normalized spacial score (nSPS) is 21.9. The highest BCUT2D eigenvalue weighted by Gasteiger charge is 2.13.